The van der Waals surface area contributed by atoms with Crippen molar-refractivity contribution in [1.29, 1.82) is 5.26 Å². The topological polar surface area (TPSA) is 83.3 Å². The van der Waals surface area contributed by atoms with Crippen LogP contribution >= 0.6 is 11.6 Å². The van der Waals surface area contributed by atoms with Gasteiger partial charge in [-0.3, -0.25) is 9.59 Å². The quantitative estimate of drug-likeness (QED) is 0.698. The Hall–Kier alpha value is -2.34. The lowest BCUT2D eigenvalue weighted by molar-refractivity contribution is -0.139. The van der Waals surface area contributed by atoms with E-state index >= 15 is 0 Å². The minimum absolute atomic E-state index is 0.258. The Balaban J connectivity index is 1.91. The van der Waals surface area contributed by atoms with E-state index < -0.39 is 29.3 Å². The zero-order valence-electron chi connectivity index (χ0n) is 13.6. The van der Waals surface area contributed by atoms with Crippen molar-refractivity contribution in [1.82, 2.24) is 9.88 Å². The van der Waals surface area contributed by atoms with Crippen LogP contribution in [0.25, 0.3) is 0 Å². The molecule has 1 aromatic heterocycles. The number of halogens is 4. The van der Waals surface area contributed by atoms with Gasteiger partial charge in [0, 0.05) is 25.7 Å². The molecule has 2 rings (SSSR count). The zero-order chi connectivity index (χ0) is 19.3. The molecule has 0 spiro atoms. The number of nitrogens with zero attached hydrogens (tertiary/aromatic N) is 3. The third kappa shape index (κ3) is 4.85. The highest BCUT2D eigenvalue weighted by Crippen LogP contribution is 2.33. The van der Waals surface area contributed by atoms with E-state index in [1.165, 1.54) is 4.90 Å². The second kappa shape index (κ2) is 8.36. The van der Waals surface area contributed by atoms with Crippen molar-refractivity contribution in [2.24, 2.45) is 5.92 Å². The molecule has 10 heteroatoms. The number of carbonyl (C=O) groups is 2. The number of aromatic nitrogens is 1. The largest absolute Gasteiger partial charge is 0.476 e. The molecule has 1 unspecified atom stereocenters. The van der Waals surface area contributed by atoms with E-state index in [1.54, 1.807) is 6.07 Å². The Morgan fingerprint density at radius 2 is 2.04 bits per heavy atom. The van der Waals surface area contributed by atoms with Gasteiger partial charge in [0.15, 0.2) is 11.7 Å². The molecule has 140 valence electrons. The lowest BCUT2D eigenvalue weighted by atomic mass is 10.0. The fraction of sp³-hybridized carbons (Fsp3) is 0.500. The van der Waals surface area contributed by atoms with Crippen LogP contribution in [-0.2, 0) is 15.8 Å². The van der Waals surface area contributed by atoms with Crippen LogP contribution < -0.4 is 4.74 Å². The van der Waals surface area contributed by atoms with E-state index in [9.17, 15) is 22.8 Å². The molecular formula is C16H15ClF3N3O3. The highest BCUT2D eigenvalue weighted by atomic mass is 35.5. The summed E-state index contributed by atoms with van der Waals surface area (Å²) in [7, 11) is 0. The molecular weight excluding hydrogens is 375 g/mol. The van der Waals surface area contributed by atoms with Crippen molar-refractivity contribution in [3.8, 4) is 11.9 Å². The van der Waals surface area contributed by atoms with Crippen molar-refractivity contribution in [3.63, 3.8) is 0 Å². The number of alkyl halides is 3. The second-order valence-corrected chi connectivity index (χ2v) is 6.08. The number of hydrogen-bond acceptors (Lipinski definition) is 5. The van der Waals surface area contributed by atoms with E-state index in [4.69, 9.17) is 21.6 Å². The van der Waals surface area contributed by atoms with Crippen LogP contribution in [0.1, 0.15) is 24.8 Å². The van der Waals surface area contributed by atoms with Crippen LogP contribution in [0.4, 0.5) is 13.2 Å². The maximum atomic E-state index is 12.5. The summed E-state index contributed by atoms with van der Waals surface area (Å²) in [6, 6.07) is 2.37. The summed E-state index contributed by atoms with van der Waals surface area (Å²) < 4.78 is 42.7. The molecule has 0 saturated carbocycles. The SMILES string of the molecule is N#CC(C(=O)CCOc1ncc(C(F)(F)F)cc1Cl)C(=O)N1CCCC1. The Bertz CT molecular complexity index is 728. The van der Waals surface area contributed by atoms with Gasteiger partial charge in [-0.25, -0.2) is 4.98 Å². The molecule has 6 nitrogen and oxygen atoms in total. The summed E-state index contributed by atoms with van der Waals surface area (Å²) in [4.78, 5) is 29.2. The predicted molar refractivity (Wildman–Crippen MR) is 84.3 cm³/mol. The lowest BCUT2D eigenvalue weighted by Crippen LogP contribution is -2.37. The van der Waals surface area contributed by atoms with E-state index in [1.807, 2.05) is 0 Å². The van der Waals surface area contributed by atoms with Gasteiger partial charge < -0.3 is 9.64 Å². The molecule has 1 aromatic rings. The average molecular weight is 390 g/mol. The normalized spacial score (nSPS) is 15.4. The molecule has 0 radical (unpaired) electrons. The van der Waals surface area contributed by atoms with Gasteiger partial charge in [-0.15, -0.1) is 0 Å². The minimum atomic E-state index is -4.58. The molecule has 1 saturated heterocycles. The fourth-order valence-corrected chi connectivity index (χ4v) is 2.69. The summed E-state index contributed by atoms with van der Waals surface area (Å²) >= 11 is 5.69. The lowest BCUT2D eigenvalue weighted by Gasteiger charge is -2.18. The van der Waals surface area contributed by atoms with Crippen molar-refractivity contribution >= 4 is 23.3 Å². The molecule has 0 N–H and O–H groups in total. The van der Waals surface area contributed by atoms with Gasteiger partial charge in [0.05, 0.1) is 18.2 Å². The Morgan fingerprint density at radius 3 is 2.58 bits per heavy atom. The van der Waals surface area contributed by atoms with Crippen molar-refractivity contribution < 1.29 is 27.5 Å². The minimum Gasteiger partial charge on any atom is -0.476 e. The monoisotopic (exact) mass is 389 g/mol. The number of carbonyl (C=O) groups excluding carboxylic acids is 2. The maximum Gasteiger partial charge on any atom is 0.417 e. The number of hydrogen-bond donors (Lipinski definition) is 0. The average Bonchev–Trinajstić information content (AvgIpc) is 3.10. The number of rotatable bonds is 6. The number of amides is 1. The highest BCUT2D eigenvalue weighted by molar-refractivity contribution is 6.31. The molecule has 1 aliphatic rings. The van der Waals surface area contributed by atoms with Gasteiger partial charge in [-0.05, 0) is 18.9 Å². The molecule has 1 aliphatic heterocycles. The summed E-state index contributed by atoms with van der Waals surface area (Å²) in [5, 5.41) is 8.75. The number of nitriles is 1. The van der Waals surface area contributed by atoms with Gasteiger partial charge in [-0.2, -0.15) is 18.4 Å². The fourth-order valence-electron chi connectivity index (χ4n) is 2.46. The first-order chi connectivity index (χ1) is 12.2. The smallest absolute Gasteiger partial charge is 0.417 e. The van der Waals surface area contributed by atoms with Gasteiger partial charge in [0.2, 0.25) is 11.8 Å². The van der Waals surface area contributed by atoms with Gasteiger partial charge >= 0.3 is 6.18 Å². The van der Waals surface area contributed by atoms with Crippen molar-refractivity contribution in [3.05, 3.63) is 22.8 Å². The number of ether oxygens (including phenoxy) is 1. The summed E-state index contributed by atoms with van der Waals surface area (Å²) in [6.45, 7) is 0.778. The van der Waals surface area contributed by atoms with Gasteiger partial charge in [-0.1, -0.05) is 11.6 Å². The van der Waals surface area contributed by atoms with Crippen molar-refractivity contribution in [2.75, 3.05) is 19.7 Å². The second-order valence-electron chi connectivity index (χ2n) is 5.67. The summed E-state index contributed by atoms with van der Waals surface area (Å²) in [5.41, 5.74) is -1.02. The molecule has 0 aromatic carbocycles. The Morgan fingerprint density at radius 1 is 1.38 bits per heavy atom. The van der Waals surface area contributed by atoms with E-state index in [-0.39, 0.29) is 23.9 Å². The van der Waals surface area contributed by atoms with Crippen LogP contribution in [0.2, 0.25) is 5.02 Å². The Kier molecular flexibility index (Phi) is 6.42. The van der Waals surface area contributed by atoms with Crippen LogP contribution in [0.3, 0.4) is 0 Å². The van der Waals surface area contributed by atoms with E-state index in [2.05, 4.69) is 4.98 Å². The Labute approximate surface area is 152 Å². The van der Waals surface area contributed by atoms with Gasteiger partial charge in [0.25, 0.3) is 0 Å². The van der Waals surface area contributed by atoms with E-state index in [0.717, 1.165) is 12.8 Å². The zero-order valence-corrected chi connectivity index (χ0v) is 14.3. The first kappa shape index (κ1) is 20.0. The van der Waals surface area contributed by atoms with Crippen molar-refractivity contribution in [2.45, 2.75) is 25.4 Å². The molecule has 2 heterocycles. The maximum absolute atomic E-state index is 12.5. The third-order valence-electron chi connectivity index (χ3n) is 3.84. The number of pyridine rings is 1. The van der Waals surface area contributed by atoms with Crippen LogP contribution in [-0.4, -0.2) is 41.3 Å². The highest BCUT2D eigenvalue weighted by Gasteiger charge is 2.33. The van der Waals surface area contributed by atoms with Crippen LogP contribution in [0.5, 0.6) is 5.88 Å². The van der Waals surface area contributed by atoms with Crippen LogP contribution in [0, 0.1) is 17.2 Å². The first-order valence-corrected chi connectivity index (χ1v) is 8.18. The first-order valence-electron chi connectivity index (χ1n) is 7.80. The molecule has 0 aliphatic carbocycles. The predicted octanol–water partition coefficient (Wildman–Crippen LogP) is 2.85. The van der Waals surface area contributed by atoms with Crippen LogP contribution in [0.15, 0.2) is 12.3 Å². The number of likely N-dealkylation sites (tertiary alicyclic amines) is 1. The molecule has 0 bridgehead atoms. The summed E-state index contributed by atoms with van der Waals surface area (Å²) in [5.74, 6) is -2.81. The molecule has 1 fully saturated rings. The molecule has 1 atom stereocenters. The number of ketones is 1. The third-order valence-corrected chi connectivity index (χ3v) is 4.11. The van der Waals surface area contributed by atoms with E-state index in [0.29, 0.717) is 25.4 Å². The molecule has 1 amide bonds. The number of Topliss-reactive ketones (excluding diaryl/α,β-unsaturated/α-hetero) is 1. The summed E-state index contributed by atoms with van der Waals surface area (Å²) in [6.07, 6.45) is -2.62. The standard InChI is InChI=1S/C16H15ClF3N3O3/c17-12-7-10(16(18,19)20)9-22-14(12)26-6-3-13(24)11(8-21)15(25)23-4-1-2-5-23/h7,9,11H,1-6H2. The van der Waals surface area contributed by atoms with Gasteiger partial charge in [0.1, 0.15) is 5.02 Å². The molecule has 26 heavy (non-hydrogen) atoms.